The molecule has 1 atom stereocenters. The van der Waals surface area contributed by atoms with Crippen molar-refractivity contribution in [3.63, 3.8) is 0 Å². The molecule has 0 saturated heterocycles. The Morgan fingerprint density at radius 3 is 2.95 bits per heavy atom. The minimum Gasteiger partial charge on any atom is -0.440 e. The van der Waals surface area contributed by atoms with E-state index in [1.54, 1.807) is 16.7 Å². The topological polar surface area (TPSA) is 79.4 Å². The van der Waals surface area contributed by atoms with Crippen molar-refractivity contribution in [2.45, 2.75) is 25.7 Å². The number of aromatic nitrogens is 2. The molecule has 0 aliphatic carbocycles. The van der Waals surface area contributed by atoms with E-state index in [1.165, 1.54) is 18.3 Å². The van der Waals surface area contributed by atoms with E-state index in [-0.39, 0.29) is 23.7 Å². The van der Waals surface area contributed by atoms with Crippen LogP contribution in [0.25, 0.3) is 0 Å². The van der Waals surface area contributed by atoms with Gasteiger partial charge >= 0.3 is 11.8 Å². The SMILES string of the molecule is O=[N+]([O-])c1cn2c(n1)O[C@H](COCc1ccc(F)cc1)CC2. The molecule has 0 bridgehead atoms. The number of ether oxygens (including phenoxy) is 2. The van der Waals surface area contributed by atoms with E-state index >= 15 is 0 Å². The summed E-state index contributed by atoms with van der Waals surface area (Å²) < 4.78 is 25.5. The molecule has 0 spiro atoms. The summed E-state index contributed by atoms with van der Waals surface area (Å²) in [4.78, 5) is 13.9. The molecule has 3 rings (SSSR count). The Bertz CT molecular complexity index is 671. The van der Waals surface area contributed by atoms with E-state index in [0.717, 1.165) is 5.56 Å². The first-order valence-electron chi connectivity index (χ1n) is 6.82. The number of benzene rings is 1. The lowest BCUT2D eigenvalue weighted by Gasteiger charge is -2.21. The van der Waals surface area contributed by atoms with Crippen LogP contribution in [-0.4, -0.2) is 27.2 Å². The molecule has 1 aliphatic rings. The summed E-state index contributed by atoms with van der Waals surface area (Å²) in [5.41, 5.74) is 0.870. The Labute approximate surface area is 125 Å². The number of nitro groups is 1. The molecule has 22 heavy (non-hydrogen) atoms. The van der Waals surface area contributed by atoms with Crippen molar-refractivity contribution in [2.24, 2.45) is 0 Å². The lowest BCUT2D eigenvalue weighted by Crippen LogP contribution is -2.30. The summed E-state index contributed by atoms with van der Waals surface area (Å²) in [6.45, 7) is 1.30. The molecule has 0 unspecified atom stereocenters. The Morgan fingerprint density at radius 1 is 1.45 bits per heavy atom. The number of imidazole rings is 1. The molecule has 7 nitrogen and oxygen atoms in total. The first-order valence-corrected chi connectivity index (χ1v) is 6.82. The average Bonchev–Trinajstić information content (AvgIpc) is 2.93. The van der Waals surface area contributed by atoms with Crippen LogP contribution in [0.15, 0.2) is 30.5 Å². The third-order valence-corrected chi connectivity index (χ3v) is 3.36. The molecule has 116 valence electrons. The maximum Gasteiger partial charge on any atom is 0.414 e. The van der Waals surface area contributed by atoms with Gasteiger partial charge in [0, 0.05) is 17.9 Å². The quantitative estimate of drug-likeness (QED) is 0.625. The van der Waals surface area contributed by atoms with Gasteiger partial charge in [-0.1, -0.05) is 12.1 Å². The smallest absolute Gasteiger partial charge is 0.414 e. The van der Waals surface area contributed by atoms with E-state index in [2.05, 4.69) is 4.98 Å². The van der Waals surface area contributed by atoms with Crippen LogP contribution >= 0.6 is 0 Å². The average molecular weight is 307 g/mol. The molecular formula is C14H14FN3O4. The second-order valence-corrected chi connectivity index (χ2v) is 5.00. The van der Waals surface area contributed by atoms with Gasteiger partial charge in [-0.05, 0) is 22.6 Å². The van der Waals surface area contributed by atoms with E-state index in [1.807, 2.05) is 0 Å². The van der Waals surface area contributed by atoms with Crippen molar-refractivity contribution in [1.29, 1.82) is 0 Å². The van der Waals surface area contributed by atoms with Gasteiger partial charge in [0.25, 0.3) is 0 Å². The maximum absolute atomic E-state index is 12.8. The Balaban J connectivity index is 1.52. The van der Waals surface area contributed by atoms with Crippen molar-refractivity contribution in [2.75, 3.05) is 6.61 Å². The Morgan fingerprint density at radius 2 is 2.23 bits per heavy atom. The summed E-state index contributed by atoms with van der Waals surface area (Å²) in [6, 6.07) is 6.32. The molecule has 2 aromatic rings. The zero-order valence-electron chi connectivity index (χ0n) is 11.6. The van der Waals surface area contributed by atoms with Crippen molar-refractivity contribution in [3.05, 3.63) is 52.0 Å². The molecule has 8 heteroatoms. The van der Waals surface area contributed by atoms with Gasteiger partial charge in [-0.3, -0.25) is 4.57 Å². The second kappa shape index (κ2) is 6.10. The Hall–Kier alpha value is -2.48. The molecule has 2 heterocycles. The second-order valence-electron chi connectivity index (χ2n) is 5.00. The highest BCUT2D eigenvalue weighted by Crippen LogP contribution is 2.24. The number of hydrogen-bond donors (Lipinski definition) is 0. The third kappa shape index (κ3) is 3.22. The lowest BCUT2D eigenvalue weighted by molar-refractivity contribution is -0.389. The molecule has 0 amide bonds. The first-order chi connectivity index (χ1) is 10.6. The predicted octanol–water partition coefficient (Wildman–Crippen LogP) is 2.30. The van der Waals surface area contributed by atoms with Gasteiger partial charge in [-0.15, -0.1) is 0 Å². The highest BCUT2D eigenvalue weighted by Gasteiger charge is 2.28. The fourth-order valence-electron chi connectivity index (χ4n) is 2.23. The number of nitrogens with zero attached hydrogens (tertiary/aromatic N) is 3. The zero-order chi connectivity index (χ0) is 15.5. The van der Waals surface area contributed by atoms with Crippen LogP contribution in [-0.2, 0) is 17.9 Å². The fourth-order valence-corrected chi connectivity index (χ4v) is 2.23. The molecular weight excluding hydrogens is 293 g/mol. The molecule has 0 fully saturated rings. The zero-order valence-corrected chi connectivity index (χ0v) is 11.6. The van der Waals surface area contributed by atoms with Crippen LogP contribution in [0.1, 0.15) is 12.0 Å². The van der Waals surface area contributed by atoms with Gasteiger partial charge < -0.3 is 19.6 Å². The van der Waals surface area contributed by atoms with Crippen molar-refractivity contribution < 1.29 is 18.8 Å². The number of hydrogen-bond acceptors (Lipinski definition) is 5. The molecule has 0 saturated carbocycles. The summed E-state index contributed by atoms with van der Waals surface area (Å²) in [7, 11) is 0. The summed E-state index contributed by atoms with van der Waals surface area (Å²) >= 11 is 0. The van der Waals surface area contributed by atoms with Crippen molar-refractivity contribution in [1.82, 2.24) is 9.55 Å². The number of fused-ring (bicyclic) bond motifs is 1. The predicted molar refractivity (Wildman–Crippen MR) is 74.0 cm³/mol. The fraction of sp³-hybridized carbons (Fsp3) is 0.357. The molecule has 0 N–H and O–H groups in total. The molecule has 1 aromatic heterocycles. The van der Waals surface area contributed by atoms with Crippen LogP contribution in [0.4, 0.5) is 10.2 Å². The number of aryl methyl sites for hydroxylation is 1. The molecule has 0 radical (unpaired) electrons. The lowest BCUT2D eigenvalue weighted by atomic mass is 10.2. The van der Waals surface area contributed by atoms with Crippen LogP contribution in [0.3, 0.4) is 0 Å². The largest absolute Gasteiger partial charge is 0.440 e. The van der Waals surface area contributed by atoms with E-state index < -0.39 is 4.92 Å². The van der Waals surface area contributed by atoms with E-state index in [0.29, 0.717) is 26.2 Å². The van der Waals surface area contributed by atoms with Crippen LogP contribution in [0.5, 0.6) is 6.01 Å². The minimum absolute atomic E-state index is 0.199. The third-order valence-electron chi connectivity index (χ3n) is 3.36. The van der Waals surface area contributed by atoms with Crippen LogP contribution in [0.2, 0.25) is 0 Å². The molecule has 1 aliphatic heterocycles. The number of rotatable bonds is 5. The van der Waals surface area contributed by atoms with Gasteiger partial charge in [0.2, 0.25) is 0 Å². The van der Waals surface area contributed by atoms with Crippen LogP contribution in [0, 0.1) is 15.9 Å². The normalized spacial score (nSPS) is 16.9. The maximum atomic E-state index is 12.8. The number of halogens is 1. The standard InChI is InChI=1S/C14H14FN3O4/c15-11-3-1-10(2-4-11)8-21-9-12-5-6-17-7-13(18(19)20)16-14(17)22-12/h1-4,7,12H,5-6,8-9H2/t12-/m0/s1. The van der Waals surface area contributed by atoms with Crippen LogP contribution < -0.4 is 4.74 Å². The summed E-state index contributed by atoms with van der Waals surface area (Å²) in [5.74, 6) is -0.504. The minimum atomic E-state index is -0.547. The summed E-state index contributed by atoms with van der Waals surface area (Å²) in [6.07, 6.45) is 1.85. The monoisotopic (exact) mass is 307 g/mol. The van der Waals surface area contributed by atoms with Gasteiger partial charge in [0.05, 0.1) is 13.2 Å². The van der Waals surface area contributed by atoms with E-state index in [4.69, 9.17) is 9.47 Å². The van der Waals surface area contributed by atoms with E-state index in [9.17, 15) is 14.5 Å². The van der Waals surface area contributed by atoms with Gasteiger partial charge in [0.1, 0.15) is 18.1 Å². The van der Waals surface area contributed by atoms with Gasteiger partial charge in [-0.25, -0.2) is 4.39 Å². The first kappa shape index (κ1) is 14.5. The highest BCUT2D eigenvalue weighted by molar-refractivity contribution is 5.21. The van der Waals surface area contributed by atoms with Crippen molar-refractivity contribution >= 4 is 5.82 Å². The summed E-state index contributed by atoms with van der Waals surface area (Å²) in [5, 5.41) is 10.7. The van der Waals surface area contributed by atoms with Gasteiger partial charge in [0.15, 0.2) is 0 Å². The highest BCUT2D eigenvalue weighted by atomic mass is 19.1. The molecule has 1 aromatic carbocycles. The Kier molecular flexibility index (Phi) is 4.01. The van der Waals surface area contributed by atoms with Gasteiger partial charge in [-0.2, -0.15) is 0 Å². The van der Waals surface area contributed by atoms with Crippen molar-refractivity contribution in [3.8, 4) is 6.01 Å².